The SMILES string of the molecule is CC(NC(=O)c1ccc(F)cc1O)c1ccsc1. The molecule has 0 aliphatic rings. The summed E-state index contributed by atoms with van der Waals surface area (Å²) in [7, 11) is 0. The summed E-state index contributed by atoms with van der Waals surface area (Å²) in [6, 6.07) is 5.09. The molecule has 0 radical (unpaired) electrons. The molecule has 2 aromatic rings. The zero-order valence-electron chi connectivity index (χ0n) is 9.68. The van der Waals surface area contributed by atoms with Crippen LogP contribution in [0.5, 0.6) is 5.75 Å². The zero-order chi connectivity index (χ0) is 13.1. The zero-order valence-corrected chi connectivity index (χ0v) is 10.5. The summed E-state index contributed by atoms with van der Waals surface area (Å²) in [5, 5.41) is 16.1. The molecule has 0 saturated carbocycles. The van der Waals surface area contributed by atoms with Crippen LogP contribution in [0.4, 0.5) is 4.39 Å². The molecule has 1 unspecified atom stereocenters. The molecule has 0 spiro atoms. The van der Waals surface area contributed by atoms with Gasteiger partial charge in [0.15, 0.2) is 0 Å². The van der Waals surface area contributed by atoms with Gasteiger partial charge in [0.05, 0.1) is 11.6 Å². The Morgan fingerprint density at radius 2 is 2.22 bits per heavy atom. The molecule has 0 aliphatic carbocycles. The minimum Gasteiger partial charge on any atom is -0.507 e. The number of nitrogens with one attached hydrogen (secondary N) is 1. The average Bonchev–Trinajstić information content (AvgIpc) is 2.81. The molecule has 1 amide bonds. The Bertz CT molecular complexity index is 554. The van der Waals surface area contributed by atoms with Crippen molar-refractivity contribution in [2.24, 2.45) is 0 Å². The van der Waals surface area contributed by atoms with E-state index < -0.39 is 11.7 Å². The predicted octanol–water partition coefficient (Wildman–Crippen LogP) is 3.08. The fourth-order valence-electron chi connectivity index (χ4n) is 1.58. The number of benzene rings is 1. The van der Waals surface area contributed by atoms with Crippen molar-refractivity contribution in [3.05, 3.63) is 52.0 Å². The Morgan fingerprint density at radius 3 is 2.83 bits per heavy atom. The van der Waals surface area contributed by atoms with Crippen LogP contribution in [0, 0.1) is 5.82 Å². The maximum atomic E-state index is 12.8. The molecular weight excluding hydrogens is 253 g/mol. The first-order valence-corrected chi connectivity index (χ1v) is 6.33. The van der Waals surface area contributed by atoms with Crippen molar-refractivity contribution < 1.29 is 14.3 Å². The van der Waals surface area contributed by atoms with E-state index in [1.807, 2.05) is 23.8 Å². The number of thiophene rings is 1. The first kappa shape index (κ1) is 12.6. The first-order valence-electron chi connectivity index (χ1n) is 5.39. The van der Waals surface area contributed by atoms with E-state index in [2.05, 4.69) is 5.32 Å². The van der Waals surface area contributed by atoms with Gasteiger partial charge in [-0.2, -0.15) is 11.3 Å². The van der Waals surface area contributed by atoms with Crippen molar-refractivity contribution in [2.45, 2.75) is 13.0 Å². The minimum absolute atomic E-state index is 0.0680. The number of hydrogen-bond acceptors (Lipinski definition) is 3. The highest BCUT2D eigenvalue weighted by Crippen LogP contribution is 2.20. The van der Waals surface area contributed by atoms with Gasteiger partial charge in [-0.25, -0.2) is 4.39 Å². The normalized spacial score (nSPS) is 12.1. The van der Waals surface area contributed by atoms with E-state index >= 15 is 0 Å². The summed E-state index contributed by atoms with van der Waals surface area (Å²) in [6.07, 6.45) is 0. The predicted molar refractivity (Wildman–Crippen MR) is 68.3 cm³/mol. The van der Waals surface area contributed by atoms with Gasteiger partial charge in [-0.1, -0.05) is 0 Å². The van der Waals surface area contributed by atoms with E-state index in [0.717, 1.165) is 17.7 Å². The second-order valence-electron chi connectivity index (χ2n) is 3.91. The molecule has 18 heavy (non-hydrogen) atoms. The molecular formula is C13H12FNO2S. The van der Waals surface area contributed by atoms with Crippen molar-refractivity contribution in [3.8, 4) is 5.75 Å². The number of phenolic OH excluding ortho intramolecular Hbond substituents is 1. The lowest BCUT2D eigenvalue weighted by Crippen LogP contribution is -2.26. The number of aromatic hydroxyl groups is 1. The fraction of sp³-hybridized carbons (Fsp3) is 0.154. The number of hydrogen-bond donors (Lipinski definition) is 2. The van der Waals surface area contributed by atoms with Gasteiger partial charge < -0.3 is 10.4 Å². The fourth-order valence-corrected chi connectivity index (χ4v) is 2.33. The van der Waals surface area contributed by atoms with Gasteiger partial charge >= 0.3 is 0 Å². The van der Waals surface area contributed by atoms with Crippen LogP contribution in [-0.2, 0) is 0 Å². The molecule has 5 heteroatoms. The molecule has 1 aromatic heterocycles. The molecule has 0 aliphatic heterocycles. The third-order valence-electron chi connectivity index (χ3n) is 2.60. The molecule has 1 aromatic carbocycles. The van der Waals surface area contributed by atoms with E-state index in [1.54, 1.807) is 11.3 Å². The Kier molecular flexibility index (Phi) is 3.62. The molecule has 1 atom stereocenters. The standard InChI is InChI=1S/C13H12FNO2S/c1-8(9-4-5-18-7-9)15-13(17)11-3-2-10(14)6-12(11)16/h2-8,16H,1H3,(H,15,17). The Morgan fingerprint density at radius 1 is 1.44 bits per heavy atom. The number of amides is 1. The van der Waals surface area contributed by atoms with E-state index in [9.17, 15) is 14.3 Å². The topological polar surface area (TPSA) is 49.3 Å². The van der Waals surface area contributed by atoms with Crippen molar-refractivity contribution in [1.29, 1.82) is 0 Å². The number of halogens is 1. The summed E-state index contributed by atoms with van der Waals surface area (Å²) in [5.74, 6) is -1.36. The maximum Gasteiger partial charge on any atom is 0.255 e. The molecule has 94 valence electrons. The molecule has 0 fully saturated rings. The van der Waals surface area contributed by atoms with Crippen LogP contribution in [0.3, 0.4) is 0 Å². The summed E-state index contributed by atoms with van der Waals surface area (Å²) in [5.41, 5.74) is 1.06. The first-order chi connectivity index (χ1) is 8.58. The quantitative estimate of drug-likeness (QED) is 0.896. The number of phenols is 1. The maximum absolute atomic E-state index is 12.8. The van der Waals surface area contributed by atoms with Crippen LogP contribution in [0.1, 0.15) is 28.9 Å². The highest BCUT2D eigenvalue weighted by molar-refractivity contribution is 7.07. The number of carbonyl (C=O) groups is 1. The number of rotatable bonds is 3. The number of carbonyl (C=O) groups excluding carboxylic acids is 1. The van der Waals surface area contributed by atoms with E-state index in [1.165, 1.54) is 6.07 Å². The van der Waals surface area contributed by atoms with Crippen molar-refractivity contribution in [1.82, 2.24) is 5.32 Å². The minimum atomic E-state index is -0.574. The van der Waals surface area contributed by atoms with Crippen molar-refractivity contribution in [3.63, 3.8) is 0 Å². The highest BCUT2D eigenvalue weighted by atomic mass is 32.1. The van der Waals surface area contributed by atoms with Crippen molar-refractivity contribution in [2.75, 3.05) is 0 Å². The van der Waals surface area contributed by atoms with Gasteiger partial charge in [0.1, 0.15) is 11.6 Å². The molecule has 0 bridgehead atoms. The molecule has 2 N–H and O–H groups in total. The van der Waals surface area contributed by atoms with Crippen LogP contribution in [0.2, 0.25) is 0 Å². The third-order valence-corrected chi connectivity index (χ3v) is 3.30. The van der Waals surface area contributed by atoms with Crippen molar-refractivity contribution >= 4 is 17.2 Å². The lowest BCUT2D eigenvalue weighted by atomic mass is 10.1. The third kappa shape index (κ3) is 2.68. The van der Waals surface area contributed by atoms with Gasteiger partial charge in [0.25, 0.3) is 5.91 Å². The van der Waals surface area contributed by atoms with Crippen LogP contribution in [0.25, 0.3) is 0 Å². The van der Waals surface area contributed by atoms with Crippen LogP contribution in [-0.4, -0.2) is 11.0 Å². The Labute approximate surface area is 108 Å². The van der Waals surface area contributed by atoms with Gasteiger partial charge in [0.2, 0.25) is 0 Å². The van der Waals surface area contributed by atoms with Crippen LogP contribution in [0.15, 0.2) is 35.0 Å². The molecule has 3 nitrogen and oxygen atoms in total. The highest BCUT2D eigenvalue weighted by Gasteiger charge is 2.15. The molecule has 1 heterocycles. The Hall–Kier alpha value is -1.88. The monoisotopic (exact) mass is 265 g/mol. The lowest BCUT2D eigenvalue weighted by molar-refractivity contribution is 0.0937. The summed E-state index contributed by atoms with van der Waals surface area (Å²) in [4.78, 5) is 11.9. The Balaban J connectivity index is 2.12. The largest absolute Gasteiger partial charge is 0.507 e. The average molecular weight is 265 g/mol. The molecule has 0 saturated heterocycles. The second kappa shape index (κ2) is 5.18. The van der Waals surface area contributed by atoms with Gasteiger partial charge in [-0.15, -0.1) is 0 Å². The van der Waals surface area contributed by atoms with E-state index in [-0.39, 0.29) is 17.4 Å². The van der Waals surface area contributed by atoms with Gasteiger partial charge in [-0.05, 0) is 41.4 Å². The summed E-state index contributed by atoms with van der Waals surface area (Å²) in [6.45, 7) is 1.85. The summed E-state index contributed by atoms with van der Waals surface area (Å²) < 4.78 is 12.8. The summed E-state index contributed by atoms with van der Waals surface area (Å²) >= 11 is 1.55. The van der Waals surface area contributed by atoms with Gasteiger partial charge in [-0.3, -0.25) is 4.79 Å². The smallest absolute Gasteiger partial charge is 0.255 e. The van der Waals surface area contributed by atoms with E-state index in [4.69, 9.17) is 0 Å². The molecule has 2 rings (SSSR count). The van der Waals surface area contributed by atoms with Gasteiger partial charge in [0, 0.05) is 6.07 Å². The second-order valence-corrected chi connectivity index (χ2v) is 4.69. The van der Waals surface area contributed by atoms with E-state index in [0.29, 0.717) is 0 Å². The lowest BCUT2D eigenvalue weighted by Gasteiger charge is -2.13. The van der Waals surface area contributed by atoms with Crippen LogP contribution >= 0.6 is 11.3 Å². The van der Waals surface area contributed by atoms with Crippen LogP contribution < -0.4 is 5.32 Å².